The molecule has 2 atom stereocenters. The van der Waals surface area contributed by atoms with Gasteiger partial charge in [-0.15, -0.1) is 0 Å². The number of hydrogen-bond donors (Lipinski definition) is 4. The van der Waals surface area contributed by atoms with Crippen molar-refractivity contribution in [3.05, 3.63) is 148 Å². The number of anilines is 1. The lowest BCUT2D eigenvalue weighted by Gasteiger charge is -2.47. The summed E-state index contributed by atoms with van der Waals surface area (Å²) in [5.74, 6) is -4.66. The molecule has 350 valence electrons. The molecule has 0 saturated heterocycles. The summed E-state index contributed by atoms with van der Waals surface area (Å²) in [6.07, 6.45) is 2.17. The van der Waals surface area contributed by atoms with Crippen LogP contribution in [0.25, 0.3) is 0 Å². The van der Waals surface area contributed by atoms with Crippen LogP contribution in [0.15, 0.2) is 119 Å². The Bertz CT molecular complexity index is 2670. The minimum atomic E-state index is -0.948. The third kappa shape index (κ3) is 13.9. The molecule has 4 N–H and O–H groups in total. The molecule has 0 aromatic heterocycles. The summed E-state index contributed by atoms with van der Waals surface area (Å²) in [7, 11) is 1.39. The maximum absolute atomic E-state index is 14.1. The maximum atomic E-state index is 14.1. The van der Waals surface area contributed by atoms with E-state index in [1.54, 1.807) is 36.4 Å². The molecule has 0 aliphatic heterocycles. The molecule has 1 aliphatic carbocycles. The van der Waals surface area contributed by atoms with Crippen molar-refractivity contribution in [2.24, 2.45) is 10.8 Å². The highest BCUT2D eigenvalue weighted by atomic mass is 32.2. The van der Waals surface area contributed by atoms with Gasteiger partial charge in [0.2, 0.25) is 0 Å². The molecule has 15 heteroatoms. The Kier molecular flexibility index (Phi) is 16.6. The quantitative estimate of drug-likeness (QED) is 0.0555. The van der Waals surface area contributed by atoms with E-state index >= 15 is 0 Å². The first-order valence-corrected chi connectivity index (χ1v) is 22.4. The van der Waals surface area contributed by atoms with Crippen LogP contribution in [-0.2, 0) is 19.1 Å². The van der Waals surface area contributed by atoms with Crippen molar-refractivity contribution < 1.29 is 47.8 Å². The average molecular weight is 929 g/mol. The van der Waals surface area contributed by atoms with E-state index in [4.69, 9.17) is 9.47 Å². The van der Waals surface area contributed by atoms with Gasteiger partial charge in [0, 0.05) is 46.2 Å². The second-order valence-electron chi connectivity index (χ2n) is 18.0. The summed E-state index contributed by atoms with van der Waals surface area (Å²) < 4.78 is 10.4. The molecule has 0 bridgehead atoms. The zero-order chi connectivity index (χ0) is 49.2. The minimum absolute atomic E-state index is 0.0341. The largest absolute Gasteiger partial charge is 0.454 e. The predicted octanol–water partition coefficient (Wildman–Crippen LogP) is 8.11. The Hall–Kier alpha value is -7.13. The van der Waals surface area contributed by atoms with Crippen molar-refractivity contribution >= 4 is 64.6 Å². The van der Waals surface area contributed by atoms with Crippen molar-refractivity contribution in [1.82, 2.24) is 16.0 Å². The second-order valence-corrected chi connectivity index (χ2v) is 19.1. The highest BCUT2D eigenvalue weighted by Crippen LogP contribution is 2.46. The molecule has 0 heterocycles. The van der Waals surface area contributed by atoms with E-state index in [1.807, 2.05) is 25.1 Å². The SMILES string of the molecule is C=C(C)C(=O)COC(=O)c1ccc(Sc2ccc(C(=O)OCC(=O)C(=C)C)c(C(=O)Nc3cccc(C(=O)NC4CC(C)(C)CC(C)(CNC(=O)c5cccc(C)c5)C4)c3)c2)cc1C(=O)NC. The number of rotatable bonds is 18. The van der Waals surface area contributed by atoms with Crippen LogP contribution < -0.4 is 21.3 Å². The Labute approximate surface area is 394 Å². The van der Waals surface area contributed by atoms with Crippen LogP contribution in [-0.4, -0.2) is 80.0 Å². The van der Waals surface area contributed by atoms with Crippen molar-refractivity contribution in [2.45, 2.75) is 76.6 Å². The first-order chi connectivity index (χ1) is 31.6. The van der Waals surface area contributed by atoms with Gasteiger partial charge in [0.15, 0.2) is 24.8 Å². The average Bonchev–Trinajstić information content (AvgIpc) is 3.27. The van der Waals surface area contributed by atoms with Gasteiger partial charge in [-0.05, 0) is 129 Å². The van der Waals surface area contributed by atoms with Crippen LogP contribution in [0.4, 0.5) is 5.69 Å². The fourth-order valence-corrected chi connectivity index (χ4v) is 9.00. The summed E-state index contributed by atoms with van der Waals surface area (Å²) in [4.78, 5) is 105. The number of aryl methyl sites for hydroxylation is 1. The Balaban J connectivity index is 1.35. The smallest absolute Gasteiger partial charge is 0.339 e. The van der Waals surface area contributed by atoms with Crippen molar-refractivity contribution in [2.75, 3.05) is 32.1 Å². The van der Waals surface area contributed by atoms with Gasteiger partial charge in [-0.3, -0.25) is 28.8 Å². The maximum Gasteiger partial charge on any atom is 0.339 e. The van der Waals surface area contributed by atoms with Gasteiger partial charge < -0.3 is 30.7 Å². The predicted molar refractivity (Wildman–Crippen MR) is 256 cm³/mol. The van der Waals surface area contributed by atoms with E-state index in [0.29, 0.717) is 34.7 Å². The zero-order valence-corrected chi connectivity index (χ0v) is 39.6. The summed E-state index contributed by atoms with van der Waals surface area (Å²) in [6, 6.07) is 22.3. The summed E-state index contributed by atoms with van der Waals surface area (Å²) >= 11 is 1.11. The first kappa shape index (κ1) is 50.9. The summed E-state index contributed by atoms with van der Waals surface area (Å²) in [6.45, 7) is 17.7. The van der Waals surface area contributed by atoms with E-state index in [0.717, 1.165) is 23.7 Å². The molecule has 0 spiro atoms. The van der Waals surface area contributed by atoms with Crippen LogP contribution in [0.3, 0.4) is 0 Å². The molecule has 1 fully saturated rings. The molecule has 14 nitrogen and oxygen atoms in total. The molecular weight excluding hydrogens is 873 g/mol. The van der Waals surface area contributed by atoms with E-state index in [9.17, 15) is 38.4 Å². The van der Waals surface area contributed by atoms with Crippen molar-refractivity contribution in [3.63, 3.8) is 0 Å². The van der Waals surface area contributed by atoms with Gasteiger partial charge in [0.05, 0.1) is 22.3 Å². The van der Waals surface area contributed by atoms with Gasteiger partial charge in [0.25, 0.3) is 23.6 Å². The second kappa shape index (κ2) is 21.9. The fourth-order valence-electron chi connectivity index (χ4n) is 8.10. The van der Waals surface area contributed by atoms with Gasteiger partial charge in [-0.2, -0.15) is 0 Å². The lowest BCUT2D eigenvalue weighted by atomic mass is 9.62. The van der Waals surface area contributed by atoms with E-state index in [-0.39, 0.29) is 73.3 Å². The number of benzene rings is 4. The van der Waals surface area contributed by atoms with E-state index in [2.05, 4.69) is 55.2 Å². The molecule has 4 amide bonds. The Morgan fingerprint density at radius 2 is 1.19 bits per heavy atom. The normalized spacial score (nSPS) is 16.1. The number of carbonyl (C=O) groups excluding carboxylic acids is 8. The summed E-state index contributed by atoms with van der Waals surface area (Å²) in [5.41, 5.74) is 1.64. The third-order valence-corrected chi connectivity index (χ3v) is 12.1. The third-order valence-electron chi connectivity index (χ3n) is 11.1. The number of ether oxygens (including phenoxy) is 2. The van der Waals surface area contributed by atoms with Gasteiger partial charge in [-0.25, -0.2) is 9.59 Å². The van der Waals surface area contributed by atoms with Gasteiger partial charge in [0.1, 0.15) is 0 Å². The van der Waals surface area contributed by atoms with Crippen LogP contribution in [0.2, 0.25) is 0 Å². The Morgan fingerprint density at radius 1 is 0.657 bits per heavy atom. The number of hydrogen-bond acceptors (Lipinski definition) is 11. The molecule has 0 radical (unpaired) electrons. The van der Waals surface area contributed by atoms with E-state index in [1.165, 1.54) is 51.2 Å². The molecule has 5 rings (SSSR count). The fraction of sp³-hybridized carbons (Fsp3) is 0.308. The van der Waals surface area contributed by atoms with Crippen LogP contribution >= 0.6 is 11.8 Å². The molecule has 4 aromatic rings. The van der Waals surface area contributed by atoms with Crippen LogP contribution in [0.1, 0.15) is 122 Å². The molecular formula is C52H56N4O10S. The van der Waals surface area contributed by atoms with Crippen molar-refractivity contribution in [3.8, 4) is 0 Å². The topological polar surface area (TPSA) is 203 Å². The number of nitrogens with one attached hydrogen (secondary N) is 4. The molecule has 67 heavy (non-hydrogen) atoms. The van der Waals surface area contributed by atoms with Crippen molar-refractivity contribution in [1.29, 1.82) is 0 Å². The molecule has 1 aliphatic rings. The highest BCUT2D eigenvalue weighted by Gasteiger charge is 2.42. The van der Waals surface area contributed by atoms with Gasteiger partial charge in [-0.1, -0.05) is 69.5 Å². The van der Waals surface area contributed by atoms with E-state index < -0.39 is 48.5 Å². The number of carbonyl (C=O) groups is 8. The van der Waals surface area contributed by atoms with Crippen LogP contribution in [0.5, 0.6) is 0 Å². The Morgan fingerprint density at radius 3 is 1.73 bits per heavy atom. The minimum Gasteiger partial charge on any atom is -0.454 e. The number of Topliss-reactive ketones (excluding diaryl/α,β-unsaturated/α-hetero) is 2. The first-order valence-electron chi connectivity index (χ1n) is 21.5. The zero-order valence-electron chi connectivity index (χ0n) is 38.8. The summed E-state index contributed by atoms with van der Waals surface area (Å²) in [5, 5.41) is 11.6. The molecule has 1 saturated carbocycles. The number of esters is 2. The number of ketones is 2. The molecule has 2 unspecified atom stereocenters. The monoisotopic (exact) mass is 928 g/mol. The lowest BCUT2D eigenvalue weighted by molar-refractivity contribution is -0.119. The van der Waals surface area contributed by atoms with Crippen LogP contribution in [0, 0.1) is 17.8 Å². The standard InChI is InChI=1S/C52H56N4O10S/c1-30(2)43(57)26-65-49(63)39-18-16-37(22-41(39)47(61)53-9)67-38-17-19-40(50(64)66-27-44(58)31(3)4)42(23-38)48(62)55-35-15-11-14-34(21-35)46(60)56-36-24-51(6,7)28-52(8,25-36)29-54-45(59)33-13-10-12-32(5)20-33/h10-23,36H,1,3,24-29H2,2,4-9H3,(H,53,61)(H,54,59)(H,55,62)(H,56,60). The highest BCUT2D eigenvalue weighted by molar-refractivity contribution is 7.99. The molecule has 4 aromatic carbocycles. The number of amides is 4. The van der Waals surface area contributed by atoms with Gasteiger partial charge >= 0.3 is 11.9 Å². The lowest BCUT2D eigenvalue weighted by Crippen LogP contribution is -2.50.